The van der Waals surface area contributed by atoms with Crippen LogP contribution in [0.1, 0.15) is 60.8 Å². The number of ether oxygens (including phenoxy) is 5. The lowest BCUT2D eigenvalue weighted by atomic mass is 9.84. The third-order valence-corrected chi connectivity index (χ3v) is 9.62. The van der Waals surface area contributed by atoms with Crippen LogP contribution in [0, 0.1) is 17.8 Å². The first-order valence-electron chi connectivity index (χ1n) is 17.0. The molecule has 3 heterocycles. The van der Waals surface area contributed by atoms with Crippen molar-refractivity contribution in [2.45, 2.75) is 134 Å². The van der Waals surface area contributed by atoms with Crippen LogP contribution in [-0.4, -0.2) is 136 Å². The Bertz CT molecular complexity index is 1140. The Morgan fingerprint density at radius 3 is 2.23 bits per heavy atom. The summed E-state index contributed by atoms with van der Waals surface area (Å²) in [5, 5.41) is 53.5. The number of ketones is 1. The molecule has 15 atom stereocenters. The molecule has 0 radical (unpaired) electrons. The summed E-state index contributed by atoms with van der Waals surface area (Å²) in [5.74, 6) is -1.81. The highest BCUT2D eigenvalue weighted by molar-refractivity contribution is 5.91. The van der Waals surface area contributed by atoms with E-state index in [1.165, 1.54) is 37.3 Å². The summed E-state index contributed by atoms with van der Waals surface area (Å²) in [5.41, 5.74) is -1.94. The van der Waals surface area contributed by atoms with E-state index in [1.54, 1.807) is 13.0 Å². The van der Waals surface area contributed by atoms with Gasteiger partial charge in [0, 0.05) is 24.0 Å². The average molecular weight is 684 g/mol. The minimum absolute atomic E-state index is 0.144. The van der Waals surface area contributed by atoms with Crippen LogP contribution in [0.4, 0.5) is 0 Å². The lowest BCUT2D eigenvalue weighted by Crippen LogP contribution is -2.58. The van der Waals surface area contributed by atoms with E-state index >= 15 is 0 Å². The van der Waals surface area contributed by atoms with Gasteiger partial charge in [-0.05, 0) is 65.3 Å². The van der Waals surface area contributed by atoms with Gasteiger partial charge in [0.1, 0.15) is 36.1 Å². The van der Waals surface area contributed by atoms with Gasteiger partial charge in [-0.25, -0.2) is 4.79 Å². The molecular formula is C35H57NO12. The molecule has 48 heavy (non-hydrogen) atoms. The van der Waals surface area contributed by atoms with Crippen molar-refractivity contribution in [3.63, 3.8) is 0 Å². The molecule has 0 bridgehead atoms. The van der Waals surface area contributed by atoms with Gasteiger partial charge in [-0.2, -0.15) is 0 Å². The number of esters is 1. The predicted molar refractivity (Wildman–Crippen MR) is 175 cm³/mol. The highest BCUT2D eigenvalue weighted by Gasteiger charge is 2.45. The molecule has 0 aliphatic carbocycles. The molecule has 0 aromatic carbocycles. The summed E-state index contributed by atoms with van der Waals surface area (Å²) in [4.78, 5) is 28.2. The van der Waals surface area contributed by atoms with Crippen LogP contribution < -0.4 is 0 Å². The molecule has 2 fully saturated rings. The van der Waals surface area contributed by atoms with Gasteiger partial charge in [-0.3, -0.25) is 4.79 Å². The molecule has 15 unspecified atom stereocenters. The fourth-order valence-corrected chi connectivity index (χ4v) is 6.60. The van der Waals surface area contributed by atoms with Gasteiger partial charge in [-0.15, -0.1) is 0 Å². The van der Waals surface area contributed by atoms with Crippen molar-refractivity contribution in [2.24, 2.45) is 17.8 Å². The van der Waals surface area contributed by atoms with E-state index in [0.717, 1.165) is 0 Å². The minimum atomic E-state index is -1.94. The standard InChI is InChI=1S/C35H57NO12/c1-9-26-35(43,18-44-33-31(42)30(41)28(39)23(6)46-33)15-11-10-12-25(37)20(3)16-21(4)32(19(2)13-14-27(38)47-26)48-34-29(40)24(36(7)8)17-22(5)45-34/h10-15,19-24,26,28-34,39-43H,9,16-18H2,1-8H3. The lowest BCUT2D eigenvalue weighted by molar-refractivity contribution is -0.302. The number of likely N-dealkylation sites (N-methyl/N-ethyl adjacent to an activating group) is 1. The second-order valence-corrected chi connectivity index (χ2v) is 13.9. The fraction of sp³-hybridized carbons (Fsp3) is 0.771. The molecule has 0 saturated carbocycles. The Morgan fingerprint density at radius 1 is 0.896 bits per heavy atom. The second-order valence-electron chi connectivity index (χ2n) is 13.9. The third-order valence-electron chi connectivity index (χ3n) is 9.62. The quantitative estimate of drug-likeness (QED) is 0.242. The molecule has 5 N–H and O–H groups in total. The number of carbonyl (C=O) groups is 2. The van der Waals surface area contributed by atoms with Crippen LogP contribution >= 0.6 is 0 Å². The summed E-state index contributed by atoms with van der Waals surface area (Å²) >= 11 is 0. The second kappa shape index (κ2) is 17.8. The van der Waals surface area contributed by atoms with Crippen molar-refractivity contribution in [1.29, 1.82) is 0 Å². The number of hydrogen-bond donors (Lipinski definition) is 5. The maximum atomic E-state index is 13.2. The summed E-state index contributed by atoms with van der Waals surface area (Å²) in [6, 6.07) is -0.179. The molecule has 13 heteroatoms. The topological polar surface area (TPSA) is 185 Å². The van der Waals surface area contributed by atoms with Crippen molar-refractivity contribution in [3.05, 3.63) is 36.5 Å². The maximum absolute atomic E-state index is 13.2. The first kappa shape index (κ1) is 40.4. The van der Waals surface area contributed by atoms with Crippen molar-refractivity contribution in [3.8, 4) is 0 Å². The third kappa shape index (κ3) is 10.3. The zero-order valence-corrected chi connectivity index (χ0v) is 29.4. The van der Waals surface area contributed by atoms with E-state index in [2.05, 4.69) is 0 Å². The van der Waals surface area contributed by atoms with E-state index < -0.39 is 79.4 Å². The number of carbonyl (C=O) groups excluding carboxylic acids is 2. The number of allylic oxidation sites excluding steroid dienone is 3. The van der Waals surface area contributed by atoms with Gasteiger partial charge in [0.25, 0.3) is 0 Å². The van der Waals surface area contributed by atoms with Gasteiger partial charge in [0.15, 0.2) is 18.4 Å². The average Bonchev–Trinajstić information content (AvgIpc) is 3.03. The van der Waals surface area contributed by atoms with Gasteiger partial charge < -0.3 is 54.1 Å². The Morgan fingerprint density at radius 2 is 1.58 bits per heavy atom. The van der Waals surface area contributed by atoms with Gasteiger partial charge in [0.2, 0.25) is 0 Å². The zero-order valence-electron chi connectivity index (χ0n) is 29.4. The molecule has 0 spiro atoms. The number of rotatable bonds is 7. The molecular weight excluding hydrogens is 626 g/mol. The number of aliphatic hydroxyl groups excluding tert-OH is 4. The van der Waals surface area contributed by atoms with Crippen molar-refractivity contribution in [2.75, 3.05) is 20.7 Å². The molecule has 274 valence electrons. The predicted octanol–water partition coefficient (Wildman–Crippen LogP) is 1.24. The van der Waals surface area contributed by atoms with Gasteiger partial charge >= 0.3 is 5.97 Å². The summed E-state index contributed by atoms with van der Waals surface area (Å²) in [6.45, 7) is 10.3. The number of aliphatic hydroxyl groups is 5. The first-order valence-corrected chi connectivity index (χ1v) is 17.0. The van der Waals surface area contributed by atoms with Crippen molar-refractivity contribution in [1.82, 2.24) is 4.90 Å². The van der Waals surface area contributed by atoms with Crippen LogP contribution in [-0.2, 0) is 33.3 Å². The molecule has 0 aromatic rings. The normalized spacial score (nSPS) is 43.8. The Hall–Kier alpha value is -2.04. The molecule has 3 aliphatic heterocycles. The molecule has 0 aromatic heterocycles. The van der Waals surface area contributed by atoms with E-state index in [1.807, 2.05) is 46.7 Å². The molecule has 3 rings (SSSR count). The van der Waals surface area contributed by atoms with E-state index in [9.17, 15) is 35.1 Å². The largest absolute Gasteiger partial charge is 0.456 e. The summed E-state index contributed by atoms with van der Waals surface area (Å²) in [6.07, 6.45) is -0.557. The van der Waals surface area contributed by atoms with Crippen LogP contribution in [0.25, 0.3) is 0 Å². The molecule has 2 saturated heterocycles. The Balaban J connectivity index is 1.88. The SMILES string of the molecule is CCC1OC(=O)C=CC(C)C(OC2OC(C)CC(N(C)C)C2O)C(C)CC(C)C(=O)C=CC=CC1(O)COC1OC(C)C(O)C(O)C1O. The molecule has 13 nitrogen and oxygen atoms in total. The highest BCUT2D eigenvalue weighted by Crippen LogP contribution is 2.32. The highest BCUT2D eigenvalue weighted by atomic mass is 16.7. The van der Waals surface area contributed by atoms with E-state index in [0.29, 0.717) is 12.8 Å². The Labute approximate surface area is 284 Å². The number of hydrogen-bond acceptors (Lipinski definition) is 13. The monoisotopic (exact) mass is 683 g/mol. The zero-order chi connectivity index (χ0) is 35.9. The summed E-state index contributed by atoms with van der Waals surface area (Å²) in [7, 11) is 3.79. The van der Waals surface area contributed by atoms with E-state index in [4.69, 9.17) is 23.7 Å². The maximum Gasteiger partial charge on any atom is 0.330 e. The fourth-order valence-electron chi connectivity index (χ4n) is 6.60. The molecule has 0 amide bonds. The van der Waals surface area contributed by atoms with Crippen LogP contribution in [0.2, 0.25) is 0 Å². The van der Waals surface area contributed by atoms with Gasteiger partial charge in [-0.1, -0.05) is 45.9 Å². The lowest BCUT2D eigenvalue weighted by Gasteiger charge is -2.43. The van der Waals surface area contributed by atoms with Crippen LogP contribution in [0.15, 0.2) is 36.5 Å². The first-order chi connectivity index (χ1) is 22.5. The number of cyclic esters (lactones) is 1. The number of nitrogens with zero attached hydrogens (tertiary/aromatic N) is 1. The summed E-state index contributed by atoms with van der Waals surface area (Å²) < 4.78 is 29.4. The van der Waals surface area contributed by atoms with Crippen molar-refractivity contribution >= 4 is 11.8 Å². The Kier molecular flexibility index (Phi) is 14.9. The van der Waals surface area contributed by atoms with Crippen LogP contribution in [0.5, 0.6) is 0 Å². The van der Waals surface area contributed by atoms with Crippen LogP contribution in [0.3, 0.4) is 0 Å². The van der Waals surface area contributed by atoms with Crippen molar-refractivity contribution < 1.29 is 58.8 Å². The molecule has 3 aliphatic rings. The smallest absolute Gasteiger partial charge is 0.330 e. The van der Waals surface area contributed by atoms with Gasteiger partial charge in [0.05, 0.1) is 24.9 Å². The minimum Gasteiger partial charge on any atom is -0.456 e. The van der Waals surface area contributed by atoms with E-state index in [-0.39, 0.29) is 36.2 Å².